The van der Waals surface area contributed by atoms with Gasteiger partial charge in [-0.2, -0.15) is 0 Å². The van der Waals surface area contributed by atoms with Crippen LogP contribution in [-0.2, 0) is 5.41 Å². The van der Waals surface area contributed by atoms with Crippen molar-refractivity contribution < 1.29 is 0 Å². The van der Waals surface area contributed by atoms with Gasteiger partial charge in [-0.05, 0) is 97.1 Å². The zero-order valence-electron chi connectivity index (χ0n) is 25.1. The van der Waals surface area contributed by atoms with E-state index in [4.69, 9.17) is 0 Å². The minimum atomic E-state index is -0.387. The van der Waals surface area contributed by atoms with Gasteiger partial charge in [-0.25, -0.2) is 0 Å². The fourth-order valence-corrected chi connectivity index (χ4v) is 7.52. The molecule has 1 unspecified atom stereocenters. The van der Waals surface area contributed by atoms with E-state index in [2.05, 4.69) is 171 Å². The Labute approximate surface area is 254 Å². The topological polar surface area (TPSA) is 6.48 Å². The summed E-state index contributed by atoms with van der Waals surface area (Å²) >= 11 is 0. The molecule has 0 heterocycles. The molecule has 0 bridgehead atoms. The molecule has 0 saturated carbocycles. The summed E-state index contributed by atoms with van der Waals surface area (Å²) in [5, 5.41) is 0. The lowest BCUT2D eigenvalue weighted by Crippen LogP contribution is -2.25. The summed E-state index contributed by atoms with van der Waals surface area (Å²) < 4.78 is 0. The Morgan fingerprint density at radius 1 is 0.372 bits per heavy atom. The molecule has 2 nitrogen and oxygen atoms in total. The van der Waals surface area contributed by atoms with E-state index in [-0.39, 0.29) is 5.41 Å². The standard InChI is InChI=1S/C41H34N2/c1-42(2)30-14-9-12-27(24-30)28-22-23-34-33-16-5-7-19-36(33)41(39(34)26-28)37-20-8-6-17-35(37)40-32(18-11-21-38(40)41)29-13-10-15-31(25-29)43(3)4/h5-26H,1-4H3. The minimum absolute atomic E-state index is 0.387. The second-order valence-electron chi connectivity index (χ2n) is 12.2. The third kappa shape index (κ3) is 3.59. The molecular formula is C41H34N2. The molecule has 208 valence electrons. The first-order valence-electron chi connectivity index (χ1n) is 15.0. The number of hydrogen-bond acceptors (Lipinski definition) is 2. The van der Waals surface area contributed by atoms with Gasteiger partial charge in [-0.1, -0.05) is 103 Å². The van der Waals surface area contributed by atoms with Gasteiger partial charge in [-0.15, -0.1) is 0 Å². The number of fused-ring (bicyclic) bond motifs is 10. The zero-order chi connectivity index (χ0) is 29.3. The van der Waals surface area contributed by atoms with Crippen molar-refractivity contribution in [3.05, 3.63) is 156 Å². The van der Waals surface area contributed by atoms with Crippen LogP contribution in [0.1, 0.15) is 22.3 Å². The van der Waals surface area contributed by atoms with Gasteiger partial charge in [0.25, 0.3) is 0 Å². The summed E-state index contributed by atoms with van der Waals surface area (Å²) in [6.07, 6.45) is 0. The summed E-state index contributed by atoms with van der Waals surface area (Å²) in [5.41, 5.74) is 17.8. The normalized spacial score (nSPS) is 15.5. The minimum Gasteiger partial charge on any atom is -0.378 e. The Morgan fingerprint density at radius 3 is 1.60 bits per heavy atom. The second kappa shape index (κ2) is 9.47. The lowest BCUT2D eigenvalue weighted by Gasteiger charge is -2.31. The van der Waals surface area contributed by atoms with E-state index >= 15 is 0 Å². The van der Waals surface area contributed by atoms with E-state index in [1.165, 1.54) is 78.1 Å². The average Bonchev–Trinajstić information content (AvgIpc) is 3.52. The molecule has 0 aliphatic heterocycles. The molecule has 6 aromatic carbocycles. The summed E-state index contributed by atoms with van der Waals surface area (Å²) in [7, 11) is 8.42. The van der Waals surface area contributed by atoms with Crippen molar-refractivity contribution in [1.29, 1.82) is 0 Å². The van der Waals surface area contributed by atoms with Crippen LogP contribution < -0.4 is 9.80 Å². The van der Waals surface area contributed by atoms with Crippen LogP contribution in [0.3, 0.4) is 0 Å². The Hall–Kier alpha value is -5.08. The van der Waals surface area contributed by atoms with Gasteiger partial charge < -0.3 is 9.80 Å². The Balaban J connectivity index is 1.45. The van der Waals surface area contributed by atoms with Crippen LogP contribution in [0.4, 0.5) is 11.4 Å². The van der Waals surface area contributed by atoms with Crippen LogP contribution in [-0.4, -0.2) is 28.2 Å². The van der Waals surface area contributed by atoms with Gasteiger partial charge in [0.2, 0.25) is 0 Å². The van der Waals surface area contributed by atoms with E-state index < -0.39 is 0 Å². The third-order valence-corrected chi connectivity index (χ3v) is 9.48. The van der Waals surface area contributed by atoms with Gasteiger partial charge in [0.15, 0.2) is 0 Å². The highest BCUT2D eigenvalue weighted by Crippen LogP contribution is 2.64. The fourth-order valence-electron chi connectivity index (χ4n) is 7.52. The van der Waals surface area contributed by atoms with Gasteiger partial charge in [0.1, 0.15) is 0 Å². The molecule has 8 rings (SSSR count). The predicted octanol–water partition coefficient (Wildman–Crippen LogP) is 9.50. The van der Waals surface area contributed by atoms with Crippen molar-refractivity contribution in [3.8, 4) is 44.5 Å². The van der Waals surface area contributed by atoms with Crippen molar-refractivity contribution in [1.82, 2.24) is 0 Å². The molecule has 0 saturated heterocycles. The van der Waals surface area contributed by atoms with Crippen LogP contribution in [0.15, 0.2) is 133 Å². The highest BCUT2D eigenvalue weighted by molar-refractivity contribution is 6.00. The summed E-state index contributed by atoms with van der Waals surface area (Å²) in [4.78, 5) is 4.35. The average molecular weight is 555 g/mol. The quantitative estimate of drug-likeness (QED) is 0.214. The number of hydrogen-bond donors (Lipinski definition) is 0. The maximum Gasteiger partial charge on any atom is 0.0725 e. The number of rotatable bonds is 4. The lowest BCUT2D eigenvalue weighted by atomic mass is 9.70. The molecular weight excluding hydrogens is 520 g/mol. The van der Waals surface area contributed by atoms with E-state index in [1.807, 2.05) is 0 Å². The number of anilines is 2. The first-order chi connectivity index (χ1) is 21.0. The smallest absolute Gasteiger partial charge is 0.0725 e. The van der Waals surface area contributed by atoms with Crippen LogP contribution in [0, 0.1) is 0 Å². The van der Waals surface area contributed by atoms with E-state index in [0.717, 1.165) is 0 Å². The molecule has 0 amide bonds. The molecule has 6 aromatic rings. The van der Waals surface area contributed by atoms with Crippen LogP contribution in [0.5, 0.6) is 0 Å². The molecule has 0 fully saturated rings. The highest BCUT2D eigenvalue weighted by atomic mass is 15.1. The van der Waals surface area contributed by atoms with Crippen molar-refractivity contribution in [2.45, 2.75) is 5.41 Å². The third-order valence-electron chi connectivity index (χ3n) is 9.48. The van der Waals surface area contributed by atoms with Crippen LogP contribution >= 0.6 is 0 Å². The maximum atomic E-state index is 2.47. The molecule has 1 spiro atoms. The fraction of sp³-hybridized carbons (Fsp3) is 0.122. The van der Waals surface area contributed by atoms with Crippen molar-refractivity contribution in [2.75, 3.05) is 38.0 Å². The molecule has 1 atom stereocenters. The molecule has 0 aromatic heterocycles. The second-order valence-corrected chi connectivity index (χ2v) is 12.2. The van der Waals surface area contributed by atoms with Crippen molar-refractivity contribution in [3.63, 3.8) is 0 Å². The molecule has 0 radical (unpaired) electrons. The number of nitrogens with zero attached hydrogens (tertiary/aromatic N) is 2. The number of benzene rings is 6. The first-order valence-corrected chi connectivity index (χ1v) is 15.0. The Morgan fingerprint density at radius 2 is 0.884 bits per heavy atom. The molecule has 2 aliphatic rings. The monoisotopic (exact) mass is 554 g/mol. The van der Waals surface area contributed by atoms with Crippen LogP contribution in [0.25, 0.3) is 44.5 Å². The molecule has 2 aliphatic carbocycles. The van der Waals surface area contributed by atoms with E-state index in [1.54, 1.807) is 0 Å². The summed E-state index contributed by atoms with van der Waals surface area (Å²) in [6, 6.07) is 50.0. The molecule has 2 heteroatoms. The Kier molecular flexibility index (Phi) is 5.64. The molecule has 43 heavy (non-hydrogen) atoms. The van der Waals surface area contributed by atoms with E-state index in [0.29, 0.717) is 0 Å². The molecule has 0 N–H and O–H groups in total. The van der Waals surface area contributed by atoms with Gasteiger partial charge in [0, 0.05) is 39.6 Å². The Bertz CT molecular complexity index is 2050. The van der Waals surface area contributed by atoms with Gasteiger partial charge >= 0.3 is 0 Å². The lowest BCUT2D eigenvalue weighted by molar-refractivity contribution is 0.794. The summed E-state index contributed by atoms with van der Waals surface area (Å²) in [6.45, 7) is 0. The SMILES string of the molecule is CN(C)c1cccc(-c2ccc3c(c2)C2(c4ccccc4-3)c3ccccc3-c3c(-c4cccc(N(C)C)c4)cccc32)c1. The summed E-state index contributed by atoms with van der Waals surface area (Å²) in [5.74, 6) is 0. The zero-order valence-corrected chi connectivity index (χ0v) is 25.1. The van der Waals surface area contributed by atoms with E-state index in [9.17, 15) is 0 Å². The first kappa shape index (κ1) is 25.6. The maximum absolute atomic E-state index is 2.47. The van der Waals surface area contributed by atoms with Gasteiger partial charge in [0.05, 0.1) is 5.41 Å². The van der Waals surface area contributed by atoms with Crippen molar-refractivity contribution >= 4 is 11.4 Å². The van der Waals surface area contributed by atoms with Crippen LogP contribution in [0.2, 0.25) is 0 Å². The highest BCUT2D eigenvalue weighted by Gasteiger charge is 2.52. The predicted molar refractivity (Wildman–Crippen MR) is 182 cm³/mol. The largest absolute Gasteiger partial charge is 0.378 e. The van der Waals surface area contributed by atoms with Gasteiger partial charge in [-0.3, -0.25) is 0 Å². The van der Waals surface area contributed by atoms with Crippen molar-refractivity contribution in [2.24, 2.45) is 0 Å².